The maximum absolute atomic E-state index is 13.6. The molecule has 1 saturated heterocycles. The number of carbonyl (C=O) groups excluding carboxylic acids is 1. The second-order valence-electron chi connectivity index (χ2n) is 6.26. The van der Waals surface area contributed by atoms with E-state index >= 15 is 0 Å². The molecule has 2 aromatic rings. The number of nitrogens with zero attached hydrogens (tertiary/aromatic N) is 1. The van der Waals surface area contributed by atoms with E-state index in [9.17, 15) is 14.3 Å². The van der Waals surface area contributed by atoms with E-state index in [1.165, 1.54) is 12.1 Å². The van der Waals surface area contributed by atoms with Crippen molar-refractivity contribution < 1.29 is 19.0 Å². The Bertz CT molecular complexity index is 760. The summed E-state index contributed by atoms with van der Waals surface area (Å²) in [6.07, 6.45) is 1.90. The zero-order valence-corrected chi connectivity index (χ0v) is 14.2. The van der Waals surface area contributed by atoms with E-state index in [4.69, 9.17) is 4.74 Å². The monoisotopic (exact) mass is 343 g/mol. The van der Waals surface area contributed by atoms with Crippen molar-refractivity contribution in [2.45, 2.75) is 25.8 Å². The lowest BCUT2D eigenvalue weighted by molar-refractivity contribution is -0.00433. The predicted molar refractivity (Wildman–Crippen MR) is 94.1 cm³/mol. The molecule has 1 N–H and O–H groups in total. The fraction of sp³-hybridized carbons (Fsp3) is 0.350. The Hall–Kier alpha value is -2.40. The summed E-state index contributed by atoms with van der Waals surface area (Å²) in [5.41, 5.74) is 1.94. The number of phenols is 1. The molecule has 0 spiro atoms. The summed E-state index contributed by atoms with van der Waals surface area (Å²) in [7, 11) is 0. The van der Waals surface area contributed by atoms with E-state index in [0.717, 1.165) is 18.4 Å². The first kappa shape index (κ1) is 17.4. The molecular formula is C20H22FNO3. The maximum Gasteiger partial charge on any atom is 0.254 e. The van der Waals surface area contributed by atoms with E-state index in [1.54, 1.807) is 24.3 Å². The third kappa shape index (κ3) is 3.82. The molecule has 0 unspecified atom stereocenters. The molecule has 0 saturated carbocycles. The molecule has 1 aliphatic rings. The molecule has 0 bridgehead atoms. The van der Waals surface area contributed by atoms with Crippen molar-refractivity contribution in [3.8, 4) is 16.9 Å². The molecule has 1 amide bonds. The Morgan fingerprint density at radius 3 is 2.84 bits per heavy atom. The van der Waals surface area contributed by atoms with Crippen LogP contribution in [-0.2, 0) is 4.74 Å². The summed E-state index contributed by atoms with van der Waals surface area (Å²) >= 11 is 0. The molecule has 0 aromatic heterocycles. The Labute approximate surface area is 146 Å². The van der Waals surface area contributed by atoms with Crippen molar-refractivity contribution >= 4 is 5.91 Å². The highest BCUT2D eigenvalue weighted by Gasteiger charge is 2.27. The van der Waals surface area contributed by atoms with Gasteiger partial charge in [-0.3, -0.25) is 4.79 Å². The minimum absolute atomic E-state index is 0.0251. The summed E-state index contributed by atoms with van der Waals surface area (Å²) in [4.78, 5) is 14.8. The summed E-state index contributed by atoms with van der Waals surface area (Å²) in [6.45, 7) is 3.80. The lowest BCUT2D eigenvalue weighted by Gasteiger charge is -2.35. The number of ether oxygens (including phenoxy) is 1. The fourth-order valence-electron chi connectivity index (χ4n) is 3.18. The molecule has 132 valence electrons. The van der Waals surface area contributed by atoms with Crippen LogP contribution >= 0.6 is 0 Å². The van der Waals surface area contributed by atoms with Gasteiger partial charge in [-0.25, -0.2) is 4.39 Å². The molecule has 1 aliphatic heterocycles. The minimum atomic E-state index is -0.676. The van der Waals surface area contributed by atoms with Crippen LogP contribution in [0.4, 0.5) is 4.39 Å². The summed E-state index contributed by atoms with van der Waals surface area (Å²) < 4.78 is 19.1. The van der Waals surface area contributed by atoms with Crippen molar-refractivity contribution in [1.82, 2.24) is 4.90 Å². The number of hydrogen-bond acceptors (Lipinski definition) is 3. The quantitative estimate of drug-likeness (QED) is 0.918. The number of morpholine rings is 1. The molecule has 1 heterocycles. The molecule has 4 nitrogen and oxygen atoms in total. The van der Waals surface area contributed by atoms with E-state index < -0.39 is 5.82 Å². The molecule has 0 radical (unpaired) electrons. The Morgan fingerprint density at radius 2 is 2.08 bits per heavy atom. The van der Waals surface area contributed by atoms with Crippen LogP contribution < -0.4 is 0 Å². The van der Waals surface area contributed by atoms with Gasteiger partial charge in [0.05, 0.1) is 19.3 Å². The first-order chi connectivity index (χ1) is 12.1. The zero-order chi connectivity index (χ0) is 17.8. The van der Waals surface area contributed by atoms with E-state index in [-0.39, 0.29) is 17.7 Å². The molecule has 2 aromatic carbocycles. The maximum atomic E-state index is 13.6. The molecule has 1 atom stereocenters. The van der Waals surface area contributed by atoms with Gasteiger partial charge in [-0.15, -0.1) is 0 Å². The second kappa shape index (κ2) is 7.66. The van der Waals surface area contributed by atoms with Crippen LogP contribution in [0.2, 0.25) is 0 Å². The van der Waals surface area contributed by atoms with E-state index in [2.05, 4.69) is 6.92 Å². The third-order valence-corrected chi connectivity index (χ3v) is 4.50. The van der Waals surface area contributed by atoms with E-state index in [1.807, 2.05) is 11.0 Å². The minimum Gasteiger partial charge on any atom is -0.505 e. The van der Waals surface area contributed by atoms with Crippen LogP contribution in [0, 0.1) is 5.82 Å². The Morgan fingerprint density at radius 1 is 1.28 bits per heavy atom. The standard InChI is InChI=1S/C20H22FNO3/c1-2-4-17-13-25-10-9-22(17)20(24)16-6-3-5-14(11-16)15-7-8-19(23)18(21)12-15/h3,5-8,11-12,17,23H,2,4,9-10,13H2,1H3/t17-/m0/s1. The molecule has 3 rings (SSSR count). The van der Waals surface area contributed by atoms with Crippen molar-refractivity contribution in [2.24, 2.45) is 0 Å². The number of amides is 1. The largest absolute Gasteiger partial charge is 0.505 e. The normalized spacial score (nSPS) is 17.5. The number of rotatable bonds is 4. The van der Waals surface area contributed by atoms with Gasteiger partial charge in [-0.1, -0.05) is 31.5 Å². The van der Waals surface area contributed by atoms with Crippen LogP contribution in [0.15, 0.2) is 42.5 Å². The highest BCUT2D eigenvalue weighted by atomic mass is 19.1. The van der Waals surface area contributed by atoms with Gasteiger partial charge < -0.3 is 14.7 Å². The van der Waals surface area contributed by atoms with Crippen LogP contribution in [0.3, 0.4) is 0 Å². The second-order valence-corrected chi connectivity index (χ2v) is 6.26. The summed E-state index contributed by atoms with van der Waals surface area (Å²) in [5, 5.41) is 9.34. The third-order valence-electron chi connectivity index (χ3n) is 4.50. The summed E-state index contributed by atoms with van der Waals surface area (Å²) in [6, 6.07) is 11.5. The van der Waals surface area contributed by atoms with E-state index in [0.29, 0.717) is 30.9 Å². The van der Waals surface area contributed by atoms with Gasteiger partial charge in [0.2, 0.25) is 0 Å². The molecule has 0 aliphatic carbocycles. The van der Waals surface area contributed by atoms with Gasteiger partial charge in [0.15, 0.2) is 11.6 Å². The number of hydrogen-bond donors (Lipinski definition) is 1. The average molecular weight is 343 g/mol. The van der Waals surface area contributed by atoms with Crippen LogP contribution in [0.25, 0.3) is 11.1 Å². The van der Waals surface area contributed by atoms with Gasteiger partial charge in [0, 0.05) is 12.1 Å². The Balaban J connectivity index is 1.87. The van der Waals surface area contributed by atoms with Crippen LogP contribution in [0.1, 0.15) is 30.1 Å². The highest BCUT2D eigenvalue weighted by Crippen LogP contribution is 2.26. The average Bonchev–Trinajstić information content (AvgIpc) is 2.64. The number of carbonyl (C=O) groups is 1. The molecule has 5 heteroatoms. The molecule has 1 fully saturated rings. The van der Waals surface area contributed by atoms with Crippen molar-refractivity contribution in [3.63, 3.8) is 0 Å². The Kier molecular flexibility index (Phi) is 5.34. The first-order valence-corrected chi connectivity index (χ1v) is 8.58. The first-order valence-electron chi connectivity index (χ1n) is 8.58. The summed E-state index contributed by atoms with van der Waals surface area (Å²) in [5.74, 6) is -1.08. The zero-order valence-electron chi connectivity index (χ0n) is 14.2. The van der Waals surface area contributed by atoms with Crippen molar-refractivity contribution in [1.29, 1.82) is 0 Å². The fourth-order valence-corrected chi connectivity index (χ4v) is 3.18. The number of aromatic hydroxyl groups is 1. The predicted octanol–water partition coefficient (Wildman–Crippen LogP) is 3.84. The van der Waals surface area contributed by atoms with Gasteiger partial charge in [0.1, 0.15) is 0 Å². The smallest absolute Gasteiger partial charge is 0.254 e. The van der Waals surface area contributed by atoms with Crippen molar-refractivity contribution in [2.75, 3.05) is 19.8 Å². The molecule has 25 heavy (non-hydrogen) atoms. The van der Waals surface area contributed by atoms with Crippen molar-refractivity contribution in [3.05, 3.63) is 53.8 Å². The van der Waals surface area contributed by atoms with Crippen LogP contribution in [-0.4, -0.2) is 41.7 Å². The SMILES string of the molecule is CCC[C@H]1COCCN1C(=O)c1cccc(-c2ccc(O)c(F)c2)c1. The lowest BCUT2D eigenvalue weighted by atomic mass is 10.0. The molecular weight excluding hydrogens is 321 g/mol. The number of halogens is 1. The van der Waals surface area contributed by atoms with Gasteiger partial charge in [-0.2, -0.15) is 0 Å². The van der Waals surface area contributed by atoms with Crippen LogP contribution in [0.5, 0.6) is 5.75 Å². The number of benzene rings is 2. The topological polar surface area (TPSA) is 49.8 Å². The lowest BCUT2D eigenvalue weighted by Crippen LogP contribution is -2.48. The number of phenolic OH excluding ortho intramolecular Hbond substituents is 1. The highest BCUT2D eigenvalue weighted by molar-refractivity contribution is 5.95. The van der Waals surface area contributed by atoms with Gasteiger partial charge in [-0.05, 0) is 41.8 Å². The van der Waals surface area contributed by atoms with Gasteiger partial charge in [0.25, 0.3) is 5.91 Å². The van der Waals surface area contributed by atoms with Gasteiger partial charge >= 0.3 is 0 Å².